The van der Waals surface area contributed by atoms with Crippen molar-refractivity contribution >= 4 is 34.0 Å². The van der Waals surface area contributed by atoms with Gasteiger partial charge in [-0.15, -0.1) is 16.8 Å². The molecule has 0 amide bonds. The van der Waals surface area contributed by atoms with Gasteiger partial charge in [-0.05, 0) is 19.9 Å². The number of anilines is 1. The van der Waals surface area contributed by atoms with E-state index in [0.29, 0.717) is 18.9 Å². The zero-order chi connectivity index (χ0) is 17.5. The van der Waals surface area contributed by atoms with Crippen molar-refractivity contribution < 1.29 is 9.53 Å². The maximum absolute atomic E-state index is 12.5. The number of hydrogen-bond acceptors (Lipinski definition) is 7. The molecule has 0 unspecified atom stereocenters. The number of rotatable bonds is 10. The highest BCUT2D eigenvalue weighted by Crippen LogP contribution is 2.27. The third kappa shape index (κ3) is 4.68. The van der Waals surface area contributed by atoms with Crippen molar-refractivity contribution in [1.29, 1.82) is 0 Å². The quantitative estimate of drug-likeness (QED) is 0.396. The number of Topliss-reactive ketones (excluding diaryl/α,β-unsaturated/α-hetero) is 1. The molecule has 0 saturated heterocycles. The van der Waals surface area contributed by atoms with Crippen LogP contribution in [0.1, 0.15) is 21.7 Å². The van der Waals surface area contributed by atoms with Crippen molar-refractivity contribution in [2.45, 2.75) is 24.7 Å². The average molecular weight is 367 g/mol. The van der Waals surface area contributed by atoms with Crippen LogP contribution in [0, 0.1) is 13.8 Å². The molecule has 2 rings (SSSR count). The van der Waals surface area contributed by atoms with Gasteiger partial charge in [-0.25, -0.2) is 0 Å². The third-order valence-corrected chi connectivity index (χ3v) is 5.54. The van der Waals surface area contributed by atoms with Crippen LogP contribution in [-0.2, 0) is 11.3 Å². The largest absolute Gasteiger partial charge is 0.383 e. The first-order chi connectivity index (χ1) is 11.6. The number of aryl methyl sites for hydroxylation is 1. The summed E-state index contributed by atoms with van der Waals surface area (Å²) in [6.45, 7) is 9.66. The normalized spacial score (nSPS) is 10.8. The van der Waals surface area contributed by atoms with E-state index in [0.717, 1.165) is 33.0 Å². The van der Waals surface area contributed by atoms with Crippen molar-refractivity contribution in [1.82, 2.24) is 14.8 Å². The van der Waals surface area contributed by atoms with E-state index in [1.165, 1.54) is 23.1 Å². The Kier molecular flexibility index (Phi) is 7.01. The first-order valence-corrected chi connectivity index (χ1v) is 9.37. The summed E-state index contributed by atoms with van der Waals surface area (Å²) >= 11 is 2.86. The molecule has 8 heteroatoms. The summed E-state index contributed by atoms with van der Waals surface area (Å²) in [6.07, 6.45) is 1.76. The van der Waals surface area contributed by atoms with Crippen molar-refractivity contribution in [3.8, 4) is 0 Å². The van der Waals surface area contributed by atoms with Crippen LogP contribution in [0.2, 0.25) is 0 Å². The first kappa shape index (κ1) is 18.7. The van der Waals surface area contributed by atoms with E-state index in [1.54, 1.807) is 13.2 Å². The molecule has 2 aromatic rings. The van der Waals surface area contributed by atoms with E-state index in [1.807, 2.05) is 19.9 Å². The summed E-state index contributed by atoms with van der Waals surface area (Å²) in [6, 6.07) is 1.95. The summed E-state index contributed by atoms with van der Waals surface area (Å²) in [5, 5.41) is 11.9. The fraction of sp³-hybridized carbons (Fsp3) is 0.438. The number of thioether (sulfide) groups is 1. The summed E-state index contributed by atoms with van der Waals surface area (Å²) in [7, 11) is 1.68. The number of aromatic nitrogens is 3. The maximum Gasteiger partial charge on any atom is 0.206 e. The molecule has 24 heavy (non-hydrogen) atoms. The second kappa shape index (κ2) is 9.00. The van der Waals surface area contributed by atoms with Crippen molar-refractivity contribution in [3.63, 3.8) is 0 Å². The average Bonchev–Trinajstić information content (AvgIpc) is 3.14. The molecule has 130 valence electrons. The van der Waals surface area contributed by atoms with Crippen LogP contribution in [0.3, 0.4) is 0 Å². The van der Waals surface area contributed by atoms with E-state index < -0.39 is 0 Å². The Bertz CT molecular complexity index is 709. The molecule has 0 spiro atoms. The van der Waals surface area contributed by atoms with E-state index in [9.17, 15) is 4.79 Å². The lowest BCUT2D eigenvalue weighted by Gasteiger charge is -2.08. The molecule has 0 aromatic carbocycles. The topological polar surface area (TPSA) is 69.0 Å². The molecule has 1 N–H and O–H groups in total. The Morgan fingerprint density at radius 3 is 3.00 bits per heavy atom. The number of carbonyl (C=O) groups excluding carboxylic acids is 1. The lowest BCUT2D eigenvalue weighted by atomic mass is 10.2. The second-order valence-corrected chi connectivity index (χ2v) is 7.38. The SMILES string of the molecule is C=CCNc1nnc(SCC(=O)c2cc(C)n(CCOC)c2C)s1. The summed E-state index contributed by atoms with van der Waals surface area (Å²) < 4.78 is 8.02. The number of nitrogens with one attached hydrogen (secondary N) is 1. The van der Waals surface area contributed by atoms with E-state index in [-0.39, 0.29) is 5.78 Å². The van der Waals surface area contributed by atoms with Gasteiger partial charge in [-0.3, -0.25) is 4.79 Å². The predicted octanol–water partition coefficient (Wildman–Crippen LogP) is 3.18. The van der Waals surface area contributed by atoms with Crippen LogP contribution in [0.25, 0.3) is 0 Å². The lowest BCUT2D eigenvalue weighted by Crippen LogP contribution is -2.09. The number of ketones is 1. The minimum Gasteiger partial charge on any atom is -0.383 e. The van der Waals surface area contributed by atoms with Crippen LogP contribution >= 0.6 is 23.1 Å². The Balaban J connectivity index is 1.97. The zero-order valence-electron chi connectivity index (χ0n) is 14.2. The highest BCUT2D eigenvalue weighted by molar-refractivity contribution is 8.01. The lowest BCUT2D eigenvalue weighted by molar-refractivity contribution is 0.102. The van der Waals surface area contributed by atoms with Crippen LogP contribution < -0.4 is 5.32 Å². The van der Waals surface area contributed by atoms with Crippen LogP contribution in [-0.4, -0.2) is 46.6 Å². The van der Waals surface area contributed by atoms with Crippen LogP contribution in [0.5, 0.6) is 0 Å². The van der Waals surface area contributed by atoms with Crippen LogP contribution in [0.4, 0.5) is 5.13 Å². The van der Waals surface area contributed by atoms with Gasteiger partial charge in [0.25, 0.3) is 0 Å². The van der Waals surface area contributed by atoms with Gasteiger partial charge in [0.15, 0.2) is 10.1 Å². The molecule has 2 heterocycles. The number of hydrogen-bond donors (Lipinski definition) is 1. The molecule has 0 atom stereocenters. The molecule has 0 saturated carbocycles. The summed E-state index contributed by atoms with van der Waals surface area (Å²) in [4.78, 5) is 12.5. The van der Waals surface area contributed by atoms with E-state index >= 15 is 0 Å². The second-order valence-electron chi connectivity index (χ2n) is 5.18. The number of methoxy groups -OCH3 is 1. The number of nitrogens with zero attached hydrogens (tertiary/aromatic N) is 3. The number of carbonyl (C=O) groups is 1. The Morgan fingerprint density at radius 2 is 2.29 bits per heavy atom. The third-order valence-electron chi connectivity index (χ3n) is 3.52. The standard InChI is InChI=1S/C16H22N4O2S2/c1-5-6-17-15-18-19-16(24-15)23-10-14(21)13-9-11(2)20(12(13)3)7-8-22-4/h5,9H,1,6-8,10H2,2-4H3,(H,17,18). The first-order valence-electron chi connectivity index (χ1n) is 7.56. The minimum absolute atomic E-state index is 0.104. The maximum atomic E-state index is 12.5. The Morgan fingerprint density at radius 1 is 1.50 bits per heavy atom. The summed E-state index contributed by atoms with van der Waals surface area (Å²) in [5.74, 6) is 0.456. The Hall–Kier alpha value is -1.64. The molecule has 0 bridgehead atoms. The molecular weight excluding hydrogens is 344 g/mol. The molecule has 6 nitrogen and oxygen atoms in total. The van der Waals surface area contributed by atoms with Gasteiger partial charge < -0.3 is 14.6 Å². The van der Waals surface area contributed by atoms with E-state index in [4.69, 9.17) is 4.74 Å². The Labute approximate surface area is 150 Å². The fourth-order valence-corrected chi connectivity index (χ4v) is 3.96. The van der Waals surface area contributed by atoms with Crippen molar-refractivity contribution in [2.75, 3.05) is 31.3 Å². The van der Waals surface area contributed by atoms with Gasteiger partial charge in [0.05, 0.1) is 12.4 Å². The predicted molar refractivity (Wildman–Crippen MR) is 99.4 cm³/mol. The van der Waals surface area contributed by atoms with Crippen molar-refractivity contribution in [2.24, 2.45) is 0 Å². The molecule has 0 aliphatic rings. The van der Waals surface area contributed by atoms with Gasteiger partial charge in [0.2, 0.25) is 5.13 Å². The minimum atomic E-state index is 0.104. The molecular formula is C16H22N4O2S2. The summed E-state index contributed by atoms with van der Waals surface area (Å²) in [5.41, 5.74) is 2.83. The zero-order valence-corrected chi connectivity index (χ0v) is 15.8. The monoisotopic (exact) mass is 366 g/mol. The molecule has 0 aliphatic carbocycles. The molecule has 0 radical (unpaired) electrons. The van der Waals surface area contributed by atoms with Crippen molar-refractivity contribution in [3.05, 3.63) is 35.7 Å². The highest BCUT2D eigenvalue weighted by Gasteiger charge is 2.16. The van der Waals surface area contributed by atoms with Gasteiger partial charge in [0.1, 0.15) is 0 Å². The highest BCUT2D eigenvalue weighted by atomic mass is 32.2. The fourth-order valence-electron chi connectivity index (χ4n) is 2.31. The van der Waals surface area contributed by atoms with Gasteiger partial charge in [0, 0.05) is 37.2 Å². The molecule has 0 aliphatic heterocycles. The smallest absolute Gasteiger partial charge is 0.206 e. The van der Waals surface area contributed by atoms with Gasteiger partial charge >= 0.3 is 0 Å². The van der Waals surface area contributed by atoms with Crippen LogP contribution in [0.15, 0.2) is 23.1 Å². The number of ether oxygens (including phenoxy) is 1. The van der Waals surface area contributed by atoms with Gasteiger partial charge in [-0.1, -0.05) is 29.2 Å². The molecule has 0 fully saturated rings. The van der Waals surface area contributed by atoms with Gasteiger partial charge in [-0.2, -0.15) is 0 Å². The molecule has 2 aromatic heterocycles. The van der Waals surface area contributed by atoms with E-state index in [2.05, 4.69) is 26.7 Å².